The van der Waals surface area contributed by atoms with Crippen LogP contribution in [0.4, 0.5) is 5.82 Å². The fraction of sp³-hybridized carbons (Fsp3) is 0.261. The number of fused-ring (bicyclic) bond motifs is 1. The van der Waals surface area contributed by atoms with Crippen LogP contribution in [-0.2, 0) is 18.2 Å². The van der Waals surface area contributed by atoms with Crippen molar-refractivity contribution in [2.45, 2.75) is 6.42 Å². The molecule has 4 heterocycles. The highest BCUT2D eigenvalue weighted by atomic mass is 16.5. The Morgan fingerprint density at radius 3 is 2.77 bits per heavy atom. The number of aryl methyl sites for hydroxylation is 1. The van der Waals surface area contributed by atoms with Crippen molar-refractivity contribution < 1.29 is 9.53 Å². The molecule has 1 fully saturated rings. The molecule has 0 saturated carbocycles. The van der Waals surface area contributed by atoms with Gasteiger partial charge in [-0.3, -0.25) is 4.79 Å². The molecule has 1 aromatic carbocycles. The van der Waals surface area contributed by atoms with Crippen LogP contribution < -0.4 is 4.90 Å². The Hall–Kier alpha value is -3.65. The second kappa shape index (κ2) is 8.23. The molecule has 1 aliphatic heterocycles. The molecule has 156 valence electrons. The molecular weight excluding hydrogens is 392 g/mol. The van der Waals surface area contributed by atoms with Gasteiger partial charge in [0, 0.05) is 49.0 Å². The van der Waals surface area contributed by atoms with Crippen LogP contribution in [0.2, 0.25) is 0 Å². The molecule has 0 spiro atoms. The van der Waals surface area contributed by atoms with E-state index in [1.807, 2.05) is 42.1 Å². The number of imidazole rings is 1. The van der Waals surface area contributed by atoms with Gasteiger partial charge in [-0.1, -0.05) is 12.1 Å². The maximum atomic E-state index is 12.9. The van der Waals surface area contributed by atoms with E-state index < -0.39 is 0 Å². The Balaban J connectivity index is 1.38. The van der Waals surface area contributed by atoms with E-state index in [0.717, 1.165) is 41.1 Å². The SMILES string of the molecule is Cn1cncc1-c1ccc2cnc(CC(=O)c3ccnc(N4CCOCC4)c3)nc2c1. The zero-order valence-electron chi connectivity index (χ0n) is 17.2. The highest BCUT2D eigenvalue weighted by Crippen LogP contribution is 2.23. The topological polar surface area (TPSA) is 86.0 Å². The Morgan fingerprint density at radius 1 is 1.10 bits per heavy atom. The number of ketones is 1. The number of anilines is 1. The van der Waals surface area contributed by atoms with Crippen LogP contribution >= 0.6 is 0 Å². The summed E-state index contributed by atoms with van der Waals surface area (Å²) in [5.74, 6) is 1.28. The minimum atomic E-state index is -0.0287. The molecule has 0 bridgehead atoms. The zero-order chi connectivity index (χ0) is 21.2. The molecule has 0 atom stereocenters. The van der Waals surface area contributed by atoms with Crippen LogP contribution in [0.1, 0.15) is 16.2 Å². The van der Waals surface area contributed by atoms with E-state index in [0.29, 0.717) is 24.6 Å². The van der Waals surface area contributed by atoms with Gasteiger partial charge in [-0.15, -0.1) is 0 Å². The van der Waals surface area contributed by atoms with Crippen molar-refractivity contribution in [2.75, 3.05) is 31.2 Å². The van der Waals surface area contributed by atoms with Crippen molar-refractivity contribution in [3.63, 3.8) is 0 Å². The van der Waals surface area contributed by atoms with Gasteiger partial charge in [0.25, 0.3) is 0 Å². The number of ether oxygens (including phenoxy) is 1. The fourth-order valence-corrected chi connectivity index (χ4v) is 3.74. The monoisotopic (exact) mass is 414 g/mol. The summed E-state index contributed by atoms with van der Waals surface area (Å²) in [6, 6.07) is 9.60. The Morgan fingerprint density at radius 2 is 1.97 bits per heavy atom. The summed E-state index contributed by atoms with van der Waals surface area (Å²) in [6.45, 7) is 2.89. The summed E-state index contributed by atoms with van der Waals surface area (Å²) in [6.07, 6.45) is 7.17. The fourth-order valence-electron chi connectivity index (χ4n) is 3.74. The van der Waals surface area contributed by atoms with Gasteiger partial charge in [0.2, 0.25) is 0 Å². The number of hydrogen-bond donors (Lipinski definition) is 0. The molecule has 5 rings (SSSR count). The van der Waals surface area contributed by atoms with Gasteiger partial charge in [-0.05, 0) is 18.2 Å². The van der Waals surface area contributed by atoms with E-state index >= 15 is 0 Å². The summed E-state index contributed by atoms with van der Waals surface area (Å²) < 4.78 is 7.35. The van der Waals surface area contributed by atoms with E-state index in [1.165, 1.54) is 0 Å². The predicted octanol–water partition coefficient (Wildman–Crippen LogP) is 2.69. The summed E-state index contributed by atoms with van der Waals surface area (Å²) in [5.41, 5.74) is 3.45. The van der Waals surface area contributed by atoms with Crippen LogP contribution in [0, 0.1) is 0 Å². The van der Waals surface area contributed by atoms with Crippen LogP contribution in [0.25, 0.3) is 22.2 Å². The first-order valence-corrected chi connectivity index (χ1v) is 10.2. The maximum absolute atomic E-state index is 12.9. The summed E-state index contributed by atoms with van der Waals surface area (Å²) in [7, 11) is 1.95. The third-order valence-electron chi connectivity index (χ3n) is 5.47. The first kappa shape index (κ1) is 19.3. The van der Waals surface area contributed by atoms with Crippen molar-refractivity contribution in [1.82, 2.24) is 24.5 Å². The standard InChI is InChI=1S/C23H22N6O2/c1-28-15-24-14-20(28)16-2-3-18-13-26-22(27-19(18)10-16)12-21(30)17-4-5-25-23(11-17)29-6-8-31-9-7-29/h2-5,10-11,13-15H,6-9,12H2,1H3. The number of carbonyl (C=O) groups excluding carboxylic acids is 1. The van der Waals surface area contributed by atoms with Crippen LogP contribution in [0.15, 0.2) is 55.2 Å². The molecule has 31 heavy (non-hydrogen) atoms. The van der Waals surface area contributed by atoms with Crippen molar-refractivity contribution in [3.8, 4) is 11.3 Å². The highest BCUT2D eigenvalue weighted by Gasteiger charge is 2.16. The quantitative estimate of drug-likeness (QED) is 0.464. The minimum Gasteiger partial charge on any atom is -0.378 e. The molecule has 0 aliphatic carbocycles. The average molecular weight is 414 g/mol. The molecular formula is C23H22N6O2. The van der Waals surface area contributed by atoms with Gasteiger partial charge in [0.1, 0.15) is 11.6 Å². The molecule has 8 heteroatoms. The smallest absolute Gasteiger partial charge is 0.170 e. The van der Waals surface area contributed by atoms with Crippen LogP contribution in [0.3, 0.4) is 0 Å². The van der Waals surface area contributed by atoms with E-state index in [9.17, 15) is 4.79 Å². The molecule has 0 unspecified atom stereocenters. The normalized spacial score (nSPS) is 14.2. The van der Waals surface area contributed by atoms with Crippen molar-refractivity contribution in [3.05, 3.63) is 66.6 Å². The zero-order valence-corrected chi connectivity index (χ0v) is 17.2. The van der Waals surface area contributed by atoms with Gasteiger partial charge in [0.05, 0.1) is 43.4 Å². The van der Waals surface area contributed by atoms with Gasteiger partial charge in [-0.25, -0.2) is 19.9 Å². The number of carbonyl (C=O) groups is 1. The number of nitrogens with zero attached hydrogens (tertiary/aromatic N) is 6. The Bertz CT molecular complexity index is 1250. The number of pyridine rings is 1. The molecule has 1 saturated heterocycles. The van der Waals surface area contributed by atoms with Crippen molar-refractivity contribution in [2.24, 2.45) is 7.05 Å². The molecule has 0 radical (unpaired) electrons. The molecule has 1 aliphatic rings. The number of morpholine rings is 1. The van der Waals surface area contributed by atoms with E-state index in [-0.39, 0.29) is 12.2 Å². The number of rotatable bonds is 5. The molecule has 4 aromatic rings. The summed E-state index contributed by atoms with van der Waals surface area (Å²) >= 11 is 0. The number of aromatic nitrogens is 5. The first-order chi connectivity index (χ1) is 15.2. The summed E-state index contributed by atoms with van der Waals surface area (Å²) in [5, 5.41) is 0.931. The lowest BCUT2D eigenvalue weighted by molar-refractivity contribution is 0.0990. The van der Waals surface area contributed by atoms with Crippen molar-refractivity contribution >= 4 is 22.5 Å². The predicted molar refractivity (Wildman–Crippen MR) is 117 cm³/mol. The van der Waals surface area contributed by atoms with Crippen LogP contribution in [-0.4, -0.2) is 56.6 Å². The van der Waals surface area contributed by atoms with Gasteiger partial charge in [-0.2, -0.15) is 0 Å². The molecule has 8 nitrogen and oxygen atoms in total. The first-order valence-electron chi connectivity index (χ1n) is 10.2. The number of Topliss-reactive ketones (excluding diaryl/α,β-unsaturated/α-hetero) is 1. The third-order valence-corrected chi connectivity index (χ3v) is 5.47. The summed E-state index contributed by atoms with van der Waals surface area (Å²) in [4.78, 5) is 32.7. The van der Waals surface area contributed by atoms with E-state index in [4.69, 9.17) is 4.74 Å². The third kappa shape index (κ3) is 4.02. The Kier molecular flexibility index (Phi) is 5.13. The molecule has 0 amide bonds. The second-order valence-electron chi connectivity index (χ2n) is 7.55. The number of benzene rings is 1. The van der Waals surface area contributed by atoms with E-state index in [2.05, 4.69) is 24.8 Å². The lowest BCUT2D eigenvalue weighted by Crippen LogP contribution is -2.36. The largest absolute Gasteiger partial charge is 0.378 e. The highest BCUT2D eigenvalue weighted by molar-refractivity contribution is 5.98. The second-order valence-corrected chi connectivity index (χ2v) is 7.55. The minimum absolute atomic E-state index is 0.0287. The lowest BCUT2D eigenvalue weighted by Gasteiger charge is -2.27. The van der Waals surface area contributed by atoms with Crippen molar-refractivity contribution in [1.29, 1.82) is 0 Å². The Labute approximate surface area is 179 Å². The van der Waals surface area contributed by atoms with Gasteiger partial charge < -0.3 is 14.2 Å². The van der Waals surface area contributed by atoms with Gasteiger partial charge in [0.15, 0.2) is 5.78 Å². The molecule has 0 N–H and O–H groups in total. The van der Waals surface area contributed by atoms with Crippen LogP contribution in [0.5, 0.6) is 0 Å². The van der Waals surface area contributed by atoms with E-state index in [1.54, 1.807) is 24.8 Å². The lowest BCUT2D eigenvalue weighted by atomic mass is 10.1. The molecule has 3 aromatic heterocycles. The van der Waals surface area contributed by atoms with Gasteiger partial charge >= 0.3 is 0 Å². The number of hydrogen-bond acceptors (Lipinski definition) is 7. The average Bonchev–Trinajstić information content (AvgIpc) is 3.25. The maximum Gasteiger partial charge on any atom is 0.170 e.